The molecule has 0 aromatic rings. The van der Waals surface area contributed by atoms with Crippen LogP contribution in [0.3, 0.4) is 0 Å². The standard InChI is InChI=1S/C8H12.Ti/c1-2-5-8-6-3-4-7-8;/h3-4,6-8H,2,5H2,1H3;. The average molecular weight is 156 g/mol. The van der Waals surface area contributed by atoms with Crippen LogP contribution < -0.4 is 0 Å². The van der Waals surface area contributed by atoms with Crippen LogP contribution in [0.1, 0.15) is 19.8 Å². The first-order valence-corrected chi connectivity index (χ1v) is 3.28. The minimum absolute atomic E-state index is 0. The molecule has 0 saturated heterocycles. The number of hydrogen-bond donors (Lipinski definition) is 0. The van der Waals surface area contributed by atoms with Crippen molar-refractivity contribution in [3.05, 3.63) is 24.3 Å². The van der Waals surface area contributed by atoms with Crippen molar-refractivity contribution < 1.29 is 21.7 Å². The molecule has 0 fully saturated rings. The minimum atomic E-state index is 0. The quantitative estimate of drug-likeness (QED) is 0.539. The molecule has 1 heteroatoms. The van der Waals surface area contributed by atoms with E-state index in [1.165, 1.54) is 12.8 Å². The minimum Gasteiger partial charge on any atom is -0.0776 e. The van der Waals surface area contributed by atoms with Gasteiger partial charge < -0.3 is 0 Å². The van der Waals surface area contributed by atoms with E-state index in [-0.39, 0.29) is 21.7 Å². The summed E-state index contributed by atoms with van der Waals surface area (Å²) in [5.41, 5.74) is 0. The summed E-state index contributed by atoms with van der Waals surface area (Å²) < 4.78 is 0. The van der Waals surface area contributed by atoms with Crippen LogP contribution in [0.5, 0.6) is 0 Å². The van der Waals surface area contributed by atoms with Gasteiger partial charge in [0.2, 0.25) is 0 Å². The topological polar surface area (TPSA) is 0 Å². The van der Waals surface area contributed by atoms with Crippen LogP contribution in [0, 0.1) is 5.92 Å². The Balaban J connectivity index is 0.000000640. The number of rotatable bonds is 2. The van der Waals surface area contributed by atoms with Gasteiger partial charge in [-0.3, -0.25) is 0 Å². The second kappa shape index (κ2) is 5.02. The zero-order chi connectivity index (χ0) is 5.82. The third kappa shape index (κ3) is 3.03. The van der Waals surface area contributed by atoms with Gasteiger partial charge >= 0.3 is 0 Å². The molecule has 1 aliphatic rings. The largest absolute Gasteiger partial charge is 0.0776 e. The third-order valence-corrected chi connectivity index (χ3v) is 1.45. The molecule has 1 aliphatic carbocycles. The summed E-state index contributed by atoms with van der Waals surface area (Å²) in [6.45, 7) is 2.22. The maximum Gasteiger partial charge on any atom is 0 e. The van der Waals surface area contributed by atoms with Gasteiger partial charge in [-0.05, 0) is 12.3 Å². The first-order chi connectivity index (χ1) is 3.93. The Hall–Kier alpha value is 0.194. The van der Waals surface area contributed by atoms with Crippen LogP contribution in [0.15, 0.2) is 24.3 Å². The molecule has 0 spiro atoms. The van der Waals surface area contributed by atoms with E-state index < -0.39 is 0 Å². The molecule has 9 heavy (non-hydrogen) atoms. The van der Waals surface area contributed by atoms with Crippen molar-refractivity contribution in [2.45, 2.75) is 19.8 Å². The van der Waals surface area contributed by atoms with Gasteiger partial charge in [0, 0.05) is 21.7 Å². The second-order valence-electron chi connectivity index (χ2n) is 2.22. The summed E-state index contributed by atoms with van der Waals surface area (Å²) in [6.07, 6.45) is 11.4. The molecule has 0 saturated carbocycles. The Kier molecular flexibility index (Phi) is 5.13. The van der Waals surface area contributed by atoms with Crippen molar-refractivity contribution in [1.82, 2.24) is 0 Å². The maximum absolute atomic E-state index is 2.25. The summed E-state index contributed by atoms with van der Waals surface area (Å²) in [4.78, 5) is 0. The molecule has 0 aliphatic heterocycles. The molecule has 0 radical (unpaired) electrons. The third-order valence-electron chi connectivity index (χ3n) is 1.45. The molecule has 1 rings (SSSR count). The molecule has 0 N–H and O–H groups in total. The zero-order valence-electron chi connectivity index (χ0n) is 5.80. The summed E-state index contributed by atoms with van der Waals surface area (Å²) >= 11 is 0. The van der Waals surface area contributed by atoms with Crippen LogP contribution in [0.2, 0.25) is 0 Å². The van der Waals surface area contributed by atoms with E-state index in [0.29, 0.717) is 0 Å². The van der Waals surface area contributed by atoms with E-state index in [4.69, 9.17) is 0 Å². The SMILES string of the molecule is CCCC1C=CC=C1.[Ti]. The Morgan fingerprint density at radius 2 is 1.78 bits per heavy atom. The Bertz CT molecular complexity index is 102. The second-order valence-corrected chi connectivity index (χ2v) is 2.22. The summed E-state index contributed by atoms with van der Waals surface area (Å²) in [7, 11) is 0. The first kappa shape index (κ1) is 9.19. The van der Waals surface area contributed by atoms with Gasteiger partial charge in [0.25, 0.3) is 0 Å². The van der Waals surface area contributed by atoms with Crippen LogP contribution in [0.25, 0.3) is 0 Å². The maximum atomic E-state index is 2.25. The van der Waals surface area contributed by atoms with Gasteiger partial charge in [-0.15, -0.1) is 0 Å². The smallest absolute Gasteiger partial charge is 0 e. The van der Waals surface area contributed by atoms with Gasteiger partial charge in [0.1, 0.15) is 0 Å². The van der Waals surface area contributed by atoms with Crippen LogP contribution in [-0.4, -0.2) is 0 Å². The molecule has 0 nitrogen and oxygen atoms in total. The van der Waals surface area contributed by atoms with Crippen molar-refractivity contribution in [3.8, 4) is 0 Å². The Labute approximate surface area is 71.9 Å². The van der Waals surface area contributed by atoms with Gasteiger partial charge in [0.15, 0.2) is 0 Å². The van der Waals surface area contributed by atoms with Crippen molar-refractivity contribution in [2.75, 3.05) is 0 Å². The molecule has 0 aromatic heterocycles. The molecule has 0 aromatic carbocycles. The fourth-order valence-electron chi connectivity index (χ4n) is 1.00. The molecular weight excluding hydrogens is 144 g/mol. The summed E-state index contributed by atoms with van der Waals surface area (Å²) in [5.74, 6) is 0.750. The van der Waals surface area contributed by atoms with Gasteiger partial charge in [-0.1, -0.05) is 37.6 Å². The summed E-state index contributed by atoms with van der Waals surface area (Å²) in [6, 6.07) is 0. The van der Waals surface area contributed by atoms with Gasteiger partial charge in [0.05, 0.1) is 0 Å². The molecule has 0 bridgehead atoms. The van der Waals surface area contributed by atoms with E-state index in [1.807, 2.05) is 0 Å². The predicted octanol–water partition coefficient (Wildman–Crippen LogP) is 2.53. The Morgan fingerprint density at radius 3 is 2.22 bits per heavy atom. The number of hydrogen-bond acceptors (Lipinski definition) is 0. The molecule has 0 heterocycles. The van der Waals surface area contributed by atoms with E-state index in [0.717, 1.165) is 5.92 Å². The van der Waals surface area contributed by atoms with Gasteiger partial charge in [-0.2, -0.15) is 0 Å². The van der Waals surface area contributed by atoms with Crippen molar-refractivity contribution in [3.63, 3.8) is 0 Å². The van der Waals surface area contributed by atoms with Crippen molar-refractivity contribution in [1.29, 1.82) is 0 Å². The van der Waals surface area contributed by atoms with Crippen LogP contribution >= 0.6 is 0 Å². The number of allylic oxidation sites excluding steroid dienone is 4. The fraction of sp³-hybridized carbons (Fsp3) is 0.500. The Morgan fingerprint density at radius 1 is 1.22 bits per heavy atom. The molecule has 0 amide bonds. The van der Waals surface area contributed by atoms with E-state index in [1.54, 1.807) is 0 Å². The van der Waals surface area contributed by atoms with Crippen molar-refractivity contribution >= 4 is 0 Å². The molecule has 0 atom stereocenters. The molecular formula is C8H12Ti. The van der Waals surface area contributed by atoms with Crippen LogP contribution in [-0.2, 0) is 21.7 Å². The zero-order valence-corrected chi connectivity index (χ0v) is 7.36. The van der Waals surface area contributed by atoms with Crippen LogP contribution in [0.4, 0.5) is 0 Å². The van der Waals surface area contributed by atoms with Crippen molar-refractivity contribution in [2.24, 2.45) is 5.92 Å². The van der Waals surface area contributed by atoms with E-state index in [2.05, 4.69) is 31.2 Å². The monoisotopic (exact) mass is 156 g/mol. The van der Waals surface area contributed by atoms with E-state index >= 15 is 0 Å². The molecule has 0 unspecified atom stereocenters. The fourth-order valence-corrected chi connectivity index (χ4v) is 1.00. The van der Waals surface area contributed by atoms with Gasteiger partial charge in [-0.25, -0.2) is 0 Å². The average Bonchev–Trinajstić information content (AvgIpc) is 2.19. The predicted molar refractivity (Wildman–Crippen MR) is 36.7 cm³/mol. The first-order valence-electron chi connectivity index (χ1n) is 3.28. The van der Waals surface area contributed by atoms with E-state index in [9.17, 15) is 0 Å². The molecule has 48 valence electrons. The normalized spacial score (nSPS) is 16.1. The summed E-state index contributed by atoms with van der Waals surface area (Å²) in [5, 5.41) is 0.